The molecule has 0 unspecified atom stereocenters. The molecule has 0 heterocycles. The summed E-state index contributed by atoms with van der Waals surface area (Å²) < 4.78 is 0. The van der Waals surface area contributed by atoms with Gasteiger partial charge in [-0.15, -0.1) is 0 Å². The average Bonchev–Trinajstić information content (AvgIpc) is 2.39. The normalized spacial score (nSPS) is 12.2. The Bertz CT molecular complexity index is 460. The zero-order valence-electron chi connectivity index (χ0n) is 10.3. The molecule has 2 rings (SSSR count). The maximum Gasteiger partial charge on any atom is 0.0551 e. The Kier molecular flexibility index (Phi) is 3.45. The summed E-state index contributed by atoms with van der Waals surface area (Å²) in [6.45, 7) is 0. The molecule has 2 nitrogen and oxygen atoms in total. The first-order chi connectivity index (χ1) is 8.18. The average molecular weight is 226 g/mol. The standard InChI is InChI=1S/C15H18N2/c1-17(2)14-10-8-13(9-11-14)15(16)12-6-4-3-5-7-12/h3-11,15H,16H2,1-2H3/t15-/m1/s1. The van der Waals surface area contributed by atoms with Gasteiger partial charge in [-0.3, -0.25) is 0 Å². The minimum Gasteiger partial charge on any atom is -0.378 e. The smallest absolute Gasteiger partial charge is 0.0551 e. The van der Waals surface area contributed by atoms with E-state index in [1.54, 1.807) is 0 Å². The molecule has 0 saturated carbocycles. The first-order valence-electron chi connectivity index (χ1n) is 5.76. The molecule has 0 aliphatic carbocycles. The number of nitrogens with zero attached hydrogens (tertiary/aromatic N) is 1. The van der Waals surface area contributed by atoms with E-state index in [2.05, 4.69) is 41.3 Å². The van der Waals surface area contributed by atoms with Gasteiger partial charge in [-0.05, 0) is 23.3 Å². The van der Waals surface area contributed by atoms with Crippen molar-refractivity contribution in [1.82, 2.24) is 0 Å². The Morgan fingerprint density at radius 2 is 1.35 bits per heavy atom. The van der Waals surface area contributed by atoms with Crippen LogP contribution in [0.25, 0.3) is 0 Å². The van der Waals surface area contributed by atoms with E-state index in [1.807, 2.05) is 32.3 Å². The first kappa shape index (κ1) is 11.7. The second kappa shape index (κ2) is 5.02. The van der Waals surface area contributed by atoms with E-state index >= 15 is 0 Å². The van der Waals surface area contributed by atoms with Crippen LogP contribution in [-0.4, -0.2) is 14.1 Å². The zero-order chi connectivity index (χ0) is 12.3. The van der Waals surface area contributed by atoms with Crippen molar-refractivity contribution in [2.45, 2.75) is 6.04 Å². The monoisotopic (exact) mass is 226 g/mol. The van der Waals surface area contributed by atoms with Crippen molar-refractivity contribution in [2.24, 2.45) is 5.73 Å². The third kappa shape index (κ3) is 2.66. The molecule has 0 fully saturated rings. The van der Waals surface area contributed by atoms with Crippen molar-refractivity contribution in [3.05, 3.63) is 65.7 Å². The Balaban J connectivity index is 2.23. The number of anilines is 1. The van der Waals surface area contributed by atoms with Crippen molar-refractivity contribution in [3.63, 3.8) is 0 Å². The fourth-order valence-corrected chi connectivity index (χ4v) is 1.83. The summed E-state index contributed by atoms with van der Waals surface area (Å²) in [5.74, 6) is 0. The van der Waals surface area contributed by atoms with Crippen LogP contribution < -0.4 is 10.6 Å². The lowest BCUT2D eigenvalue weighted by Crippen LogP contribution is -2.12. The van der Waals surface area contributed by atoms with E-state index in [9.17, 15) is 0 Å². The summed E-state index contributed by atoms with van der Waals surface area (Å²) in [4.78, 5) is 2.08. The summed E-state index contributed by atoms with van der Waals surface area (Å²) in [5.41, 5.74) is 9.70. The Labute approximate surface area is 103 Å². The highest BCUT2D eigenvalue weighted by atomic mass is 15.1. The molecular formula is C15H18N2. The number of rotatable bonds is 3. The van der Waals surface area contributed by atoms with E-state index in [4.69, 9.17) is 5.73 Å². The van der Waals surface area contributed by atoms with E-state index in [-0.39, 0.29) is 6.04 Å². The topological polar surface area (TPSA) is 29.3 Å². The van der Waals surface area contributed by atoms with Gasteiger partial charge in [-0.25, -0.2) is 0 Å². The molecule has 0 radical (unpaired) electrons. The third-order valence-electron chi connectivity index (χ3n) is 2.93. The van der Waals surface area contributed by atoms with Gasteiger partial charge in [0.25, 0.3) is 0 Å². The lowest BCUT2D eigenvalue weighted by molar-refractivity contribution is 0.871. The maximum atomic E-state index is 6.23. The van der Waals surface area contributed by atoms with Crippen LogP contribution in [0.1, 0.15) is 17.2 Å². The molecule has 0 bridgehead atoms. The summed E-state index contributed by atoms with van der Waals surface area (Å²) >= 11 is 0. The highest BCUT2D eigenvalue weighted by molar-refractivity contribution is 5.47. The van der Waals surface area contributed by atoms with Crippen LogP contribution in [0.3, 0.4) is 0 Å². The highest BCUT2D eigenvalue weighted by Gasteiger charge is 2.07. The number of hydrogen-bond donors (Lipinski definition) is 1. The quantitative estimate of drug-likeness (QED) is 0.872. The van der Waals surface area contributed by atoms with Gasteiger partial charge in [0.1, 0.15) is 0 Å². The van der Waals surface area contributed by atoms with Crippen LogP contribution in [0.2, 0.25) is 0 Å². The summed E-state index contributed by atoms with van der Waals surface area (Å²) in [7, 11) is 4.07. The van der Waals surface area contributed by atoms with Gasteiger partial charge in [0.2, 0.25) is 0 Å². The van der Waals surface area contributed by atoms with Crippen LogP contribution >= 0.6 is 0 Å². The molecule has 88 valence electrons. The SMILES string of the molecule is CN(C)c1ccc([C@H](N)c2ccccc2)cc1. The molecule has 17 heavy (non-hydrogen) atoms. The second-order valence-corrected chi connectivity index (χ2v) is 4.37. The largest absolute Gasteiger partial charge is 0.378 e. The van der Waals surface area contributed by atoms with Gasteiger partial charge < -0.3 is 10.6 Å². The van der Waals surface area contributed by atoms with Gasteiger partial charge >= 0.3 is 0 Å². The van der Waals surface area contributed by atoms with Crippen LogP contribution in [0.15, 0.2) is 54.6 Å². The number of hydrogen-bond acceptors (Lipinski definition) is 2. The Hall–Kier alpha value is -1.80. The van der Waals surface area contributed by atoms with Crippen molar-refractivity contribution in [1.29, 1.82) is 0 Å². The second-order valence-electron chi connectivity index (χ2n) is 4.37. The van der Waals surface area contributed by atoms with Crippen LogP contribution in [0, 0.1) is 0 Å². The predicted molar refractivity (Wildman–Crippen MR) is 73.2 cm³/mol. The first-order valence-corrected chi connectivity index (χ1v) is 5.76. The van der Waals surface area contributed by atoms with Gasteiger partial charge in [-0.2, -0.15) is 0 Å². The van der Waals surface area contributed by atoms with Crippen LogP contribution in [0.5, 0.6) is 0 Å². The molecular weight excluding hydrogens is 208 g/mol. The van der Waals surface area contributed by atoms with E-state index in [0.29, 0.717) is 0 Å². The molecule has 2 N–H and O–H groups in total. The summed E-state index contributed by atoms with van der Waals surface area (Å²) in [5, 5.41) is 0. The number of nitrogens with two attached hydrogens (primary N) is 1. The van der Waals surface area contributed by atoms with Gasteiger partial charge in [0, 0.05) is 19.8 Å². The summed E-state index contributed by atoms with van der Waals surface area (Å²) in [6.07, 6.45) is 0. The molecule has 0 spiro atoms. The van der Waals surface area contributed by atoms with E-state index in [1.165, 1.54) is 5.69 Å². The third-order valence-corrected chi connectivity index (χ3v) is 2.93. The lowest BCUT2D eigenvalue weighted by atomic mass is 9.99. The molecule has 2 aromatic rings. The van der Waals surface area contributed by atoms with Gasteiger partial charge in [0.05, 0.1) is 6.04 Å². The fourth-order valence-electron chi connectivity index (χ4n) is 1.83. The van der Waals surface area contributed by atoms with Crippen LogP contribution in [0.4, 0.5) is 5.69 Å². The van der Waals surface area contributed by atoms with Crippen molar-refractivity contribution >= 4 is 5.69 Å². The zero-order valence-corrected chi connectivity index (χ0v) is 10.3. The lowest BCUT2D eigenvalue weighted by Gasteiger charge is -2.16. The van der Waals surface area contributed by atoms with E-state index in [0.717, 1.165) is 11.1 Å². The maximum absolute atomic E-state index is 6.23. The molecule has 0 saturated heterocycles. The van der Waals surface area contributed by atoms with E-state index < -0.39 is 0 Å². The minimum absolute atomic E-state index is 0.0487. The predicted octanol–water partition coefficient (Wildman–Crippen LogP) is 2.80. The highest BCUT2D eigenvalue weighted by Crippen LogP contribution is 2.21. The molecule has 0 aliphatic rings. The molecule has 2 heteroatoms. The van der Waals surface area contributed by atoms with Crippen LogP contribution in [-0.2, 0) is 0 Å². The summed E-state index contributed by atoms with van der Waals surface area (Å²) in [6, 6.07) is 18.5. The number of benzene rings is 2. The minimum atomic E-state index is -0.0487. The molecule has 0 aromatic heterocycles. The molecule has 0 amide bonds. The van der Waals surface area contributed by atoms with Crippen molar-refractivity contribution in [2.75, 3.05) is 19.0 Å². The molecule has 0 aliphatic heterocycles. The van der Waals surface area contributed by atoms with Gasteiger partial charge in [-0.1, -0.05) is 42.5 Å². The fraction of sp³-hybridized carbons (Fsp3) is 0.200. The Morgan fingerprint density at radius 1 is 0.824 bits per heavy atom. The van der Waals surface area contributed by atoms with Crippen molar-refractivity contribution in [3.8, 4) is 0 Å². The molecule has 1 atom stereocenters. The molecule has 2 aromatic carbocycles. The van der Waals surface area contributed by atoms with Gasteiger partial charge in [0.15, 0.2) is 0 Å². The Morgan fingerprint density at radius 3 is 1.88 bits per heavy atom. The van der Waals surface area contributed by atoms with Crippen molar-refractivity contribution < 1.29 is 0 Å².